The average Bonchev–Trinajstić information content (AvgIpc) is 2.99. The molecular formula is C14H16F3N5O. The number of tetrazole rings is 1. The Morgan fingerprint density at radius 1 is 1.35 bits per heavy atom. The summed E-state index contributed by atoms with van der Waals surface area (Å²) < 4.78 is 40.5. The Hall–Kier alpha value is -2.19. The van der Waals surface area contributed by atoms with Gasteiger partial charge in [0.15, 0.2) is 5.65 Å². The third-order valence-electron chi connectivity index (χ3n) is 4.31. The van der Waals surface area contributed by atoms with E-state index in [0.717, 1.165) is 6.42 Å². The number of halogens is 3. The van der Waals surface area contributed by atoms with Crippen LogP contribution in [0.15, 0.2) is 18.3 Å². The minimum Gasteiger partial charge on any atom is -0.352 e. The lowest BCUT2D eigenvalue weighted by Crippen LogP contribution is -2.40. The second-order valence-electron chi connectivity index (χ2n) is 5.80. The fourth-order valence-electron chi connectivity index (χ4n) is 3.09. The number of rotatable bonds is 3. The molecule has 1 aliphatic carbocycles. The summed E-state index contributed by atoms with van der Waals surface area (Å²) in [6.45, 7) is 0.0269. The third-order valence-corrected chi connectivity index (χ3v) is 4.31. The van der Waals surface area contributed by atoms with Gasteiger partial charge in [-0.05, 0) is 41.3 Å². The molecule has 6 nitrogen and oxygen atoms in total. The van der Waals surface area contributed by atoms with E-state index in [0.29, 0.717) is 24.1 Å². The molecule has 1 saturated carbocycles. The lowest BCUT2D eigenvalue weighted by Gasteiger charge is -2.33. The van der Waals surface area contributed by atoms with Crippen molar-refractivity contribution in [1.29, 1.82) is 0 Å². The summed E-state index contributed by atoms with van der Waals surface area (Å²) in [5.74, 6) is -2.31. The Kier molecular flexibility index (Phi) is 4.18. The highest BCUT2D eigenvalue weighted by molar-refractivity contribution is 5.94. The van der Waals surface area contributed by atoms with Crippen molar-refractivity contribution in [3.05, 3.63) is 23.9 Å². The van der Waals surface area contributed by atoms with E-state index in [1.54, 1.807) is 0 Å². The molecule has 23 heavy (non-hydrogen) atoms. The fourth-order valence-corrected chi connectivity index (χ4v) is 3.09. The third kappa shape index (κ3) is 3.43. The van der Waals surface area contributed by atoms with E-state index in [1.807, 2.05) is 0 Å². The highest BCUT2D eigenvalue weighted by Crippen LogP contribution is 2.41. The van der Waals surface area contributed by atoms with Gasteiger partial charge in [-0.1, -0.05) is 12.8 Å². The topological polar surface area (TPSA) is 72.2 Å². The molecule has 2 atom stereocenters. The molecule has 2 aromatic rings. The van der Waals surface area contributed by atoms with Gasteiger partial charge in [-0.3, -0.25) is 4.79 Å². The van der Waals surface area contributed by atoms with Crippen LogP contribution >= 0.6 is 0 Å². The number of hydrogen-bond acceptors (Lipinski definition) is 4. The smallest absolute Gasteiger partial charge is 0.352 e. The van der Waals surface area contributed by atoms with Crippen LogP contribution in [0.3, 0.4) is 0 Å². The first kappa shape index (κ1) is 15.7. The molecule has 1 fully saturated rings. The second kappa shape index (κ2) is 6.13. The van der Waals surface area contributed by atoms with Crippen LogP contribution < -0.4 is 5.32 Å². The van der Waals surface area contributed by atoms with Crippen LogP contribution in [0.2, 0.25) is 0 Å². The van der Waals surface area contributed by atoms with E-state index >= 15 is 0 Å². The normalized spacial score (nSPS) is 22.2. The molecule has 2 aromatic heterocycles. The molecule has 2 unspecified atom stereocenters. The van der Waals surface area contributed by atoms with Gasteiger partial charge in [-0.25, -0.2) is 4.52 Å². The lowest BCUT2D eigenvalue weighted by atomic mass is 9.78. The Labute approximate surface area is 130 Å². The van der Waals surface area contributed by atoms with E-state index in [4.69, 9.17) is 0 Å². The first-order valence-electron chi connectivity index (χ1n) is 7.48. The van der Waals surface area contributed by atoms with Crippen LogP contribution in [0.25, 0.3) is 5.65 Å². The first-order valence-corrected chi connectivity index (χ1v) is 7.48. The van der Waals surface area contributed by atoms with Crippen LogP contribution in [0.4, 0.5) is 13.2 Å². The van der Waals surface area contributed by atoms with E-state index in [9.17, 15) is 18.0 Å². The summed E-state index contributed by atoms with van der Waals surface area (Å²) in [7, 11) is 0. The van der Waals surface area contributed by atoms with Gasteiger partial charge in [0, 0.05) is 18.3 Å². The van der Waals surface area contributed by atoms with Gasteiger partial charge in [-0.15, -0.1) is 5.10 Å². The maximum atomic E-state index is 13.0. The summed E-state index contributed by atoms with van der Waals surface area (Å²) in [5.41, 5.74) is 0.732. The van der Waals surface area contributed by atoms with Gasteiger partial charge >= 0.3 is 6.18 Å². The SMILES string of the molecule is O=C(NCC1CCCCC1C(F)(F)F)c1ccn2nnnc2c1. The van der Waals surface area contributed by atoms with E-state index in [-0.39, 0.29) is 13.0 Å². The maximum absolute atomic E-state index is 13.0. The summed E-state index contributed by atoms with van der Waals surface area (Å²) in [6.07, 6.45) is -0.694. The van der Waals surface area contributed by atoms with Crippen molar-refractivity contribution in [2.24, 2.45) is 11.8 Å². The molecule has 9 heteroatoms. The lowest BCUT2D eigenvalue weighted by molar-refractivity contribution is -0.195. The van der Waals surface area contributed by atoms with Gasteiger partial charge in [0.2, 0.25) is 0 Å². The van der Waals surface area contributed by atoms with Crippen molar-refractivity contribution in [2.75, 3.05) is 6.54 Å². The molecule has 0 radical (unpaired) electrons. The number of pyridine rings is 1. The molecule has 0 spiro atoms. The van der Waals surface area contributed by atoms with Crippen LogP contribution in [0.1, 0.15) is 36.0 Å². The number of hydrogen-bond donors (Lipinski definition) is 1. The van der Waals surface area contributed by atoms with Gasteiger partial charge in [0.25, 0.3) is 5.91 Å². The molecule has 0 bridgehead atoms. The highest BCUT2D eigenvalue weighted by atomic mass is 19.4. The zero-order chi connectivity index (χ0) is 16.4. The average molecular weight is 327 g/mol. The molecule has 0 aromatic carbocycles. The number of fused-ring (bicyclic) bond motifs is 1. The predicted octanol–water partition coefficient (Wildman–Crippen LogP) is 2.22. The van der Waals surface area contributed by atoms with Crippen molar-refractivity contribution in [1.82, 2.24) is 25.4 Å². The zero-order valence-corrected chi connectivity index (χ0v) is 12.3. The number of carbonyl (C=O) groups excluding carboxylic acids is 1. The van der Waals surface area contributed by atoms with Crippen molar-refractivity contribution in [3.8, 4) is 0 Å². The monoisotopic (exact) mass is 327 g/mol. The van der Waals surface area contributed by atoms with Gasteiger partial charge < -0.3 is 5.32 Å². The van der Waals surface area contributed by atoms with Crippen molar-refractivity contribution in [2.45, 2.75) is 31.9 Å². The van der Waals surface area contributed by atoms with E-state index < -0.39 is 23.9 Å². The Balaban J connectivity index is 1.65. The summed E-state index contributed by atoms with van der Waals surface area (Å²) in [4.78, 5) is 12.1. The number of amides is 1. The second-order valence-corrected chi connectivity index (χ2v) is 5.80. The standard InChI is InChI=1S/C14H16F3N5O/c15-14(16,17)11-4-2-1-3-10(11)8-18-13(23)9-5-6-22-12(7-9)19-20-21-22/h5-7,10-11H,1-4,8H2,(H,18,23). The molecule has 3 rings (SSSR count). The molecule has 124 valence electrons. The van der Waals surface area contributed by atoms with Gasteiger partial charge in [0.05, 0.1) is 5.92 Å². The molecular weight excluding hydrogens is 311 g/mol. The highest BCUT2D eigenvalue weighted by Gasteiger charge is 2.45. The van der Waals surface area contributed by atoms with Crippen molar-refractivity contribution in [3.63, 3.8) is 0 Å². The minimum absolute atomic E-state index is 0.0269. The van der Waals surface area contributed by atoms with Crippen LogP contribution in [0, 0.1) is 11.8 Å². The Morgan fingerprint density at radius 2 is 2.13 bits per heavy atom. The van der Waals surface area contributed by atoms with Crippen LogP contribution in [0.5, 0.6) is 0 Å². The van der Waals surface area contributed by atoms with Gasteiger partial charge in [-0.2, -0.15) is 13.2 Å². The number of carbonyl (C=O) groups is 1. The number of aromatic nitrogens is 4. The Bertz CT molecular complexity index is 699. The molecule has 2 heterocycles. The summed E-state index contributed by atoms with van der Waals surface area (Å²) in [5, 5.41) is 13.5. The number of alkyl halides is 3. The number of nitrogens with zero attached hydrogens (tertiary/aromatic N) is 4. The van der Waals surface area contributed by atoms with Crippen molar-refractivity contribution < 1.29 is 18.0 Å². The van der Waals surface area contributed by atoms with Crippen molar-refractivity contribution >= 4 is 11.6 Å². The fraction of sp³-hybridized carbons (Fsp3) is 0.571. The Morgan fingerprint density at radius 3 is 2.91 bits per heavy atom. The van der Waals surface area contributed by atoms with E-state index in [1.165, 1.54) is 22.8 Å². The molecule has 1 amide bonds. The van der Waals surface area contributed by atoms with Crippen LogP contribution in [-0.4, -0.2) is 38.7 Å². The molecule has 1 aliphatic rings. The molecule has 0 saturated heterocycles. The maximum Gasteiger partial charge on any atom is 0.392 e. The summed E-state index contributed by atoms with van der Waals surface area (Å²) >= 11 is 0. The van der Waals surface area contributed by atoms with E-state index in [2.05, 4.69) is 20.8 Å². The zero-order valence-electron chi connectivity index (χ0n) is 12.3. The quantitative estimate of drug-likeness (QED) is 0.938. The first-order chi connectivity index (χ1) is 10.9. The molecule has 0 aliphatic heterocycles. The van der Waals surface area contributed by atoms with Crippen LogP contribution in [-0.2, 0) is 0 Å². The summed E-state index contributed by atoms with van der Waals surface area (Å²) in [6, 6.07) is 3.03. The largest absolute Gasteiger partial charge is 0.392 e. The number of nitrogens with one attached hydrogen (secondary N) is 1. The molecule has 1 N–H and O–H groups in total. The minimum atomic E-state index is -4.21. The predicted molar refractivity (Wildman–Crippen MR) is 74.6 cm³/mol. The van der Waals surface area contributed by atoms with Gasteiger partial charge in [0.1, 0.15) is 0 Å².